The van der Waals surface area contributed by atoms with Crippen molar-refractivity contribution < 1.29 is 9.28 Å². The lowest BCUT2D eigenvalue weighted by Crippen LogP contribution is -2.47. The fraction of sp³-hybridized carbons (Fsp3) is 0.900. The lowest BCUT2D eigenvalue weighted by atomic mass is 9.90. The Hall–Kier alpha value is -0.370. The SMILES string of the molecule is CCC(=O)C1CC[N+](C)(C)CC1. The van der Waals surface area contributed by atoms with E-state index in [1.807, 2.05) is 6.92 Å². The van der Waals surface area contributed by atoms with Crippen molar-refractivity contribution in [3.8, 4) is 0 Å². The summed E-state index contributed by atoms with van der Waals surface area (Å²) in [6.45, 7) is 4.30. The van der Waals surface area contributed by atoms with Crippen molar-refractivity contribution in [2.75, 3.05) is 27.2 Å². The van der Waals surface area contributed by atoms with E-state index in [2.05, 4.69) is 14.1 Å². The van der Waals surface area contributed by atoms with Crippen LogP contribution < -0.4 is 0 Å². The maximum absolute atomic E-state index is 11.4. The minimum atomic E-state index is 0.376. The molecule has 0 unspecified atom stereocenters. The number of carbonyl (C=O) groups is 1. The van der Waals surface area contributed by atoms with Gasteiger partial charge in [0.15, 0.2) is 0 Å². The zero-order valence-electron chi connectivity index (χ0n) is 8.47. The summed E-state index contributed by atoms with van der Waals surface area (Å²) in [6.07, 6.45) is 2.91. The van der Waals surface area contributed by atoms with Crippen LogP contribution in [-0.4, -0.2) is 37.5 Å². The summed E-state index contributed by atoms with van der Waals surface area (Å²) in [4.78, 5) is 11.4. The van der Waals surface area contributed by atoms with Crippen molar-refractivity contribution in [2.24, 2.45) is 5.92 Å². The highest BCUT2D eigenvalue weighted by molar-refractivity contribution is 5.80. The standard InChI is InChI=1S/C10H20NO/c1-4-10(12)9-5-7-11(2,3)8-6-9/h9H,4-8H2,1-3H3/q+1. The van der Waals surface area contributed by atoms with E-state index < -0.39 is 0 Å². The van der Waals surface area contributed by atoms with Crippen molar-refractivity contribution in [2.45, 2.75) is 26.2 Å². The highest BCUT2D eigenvalue weighted by atomic mass is 16.1. The second-order valence-electron chi connectivity index (χ2n) is 4.48. The maximum Gasteiger partial charge on any atom is 0.136 e. The number of nitrogens with zero attached hydrogens (tertiary/aromatic N) is 1. The molecule has 70 valence electrons. The molecule has 0 spiro atoms. The third-order valence-corrected chi connectivity index (χ3v) is 2.97. The van der Waals surface area contributed by atoms with Gasteiger partial charge in [-0.3, -0.25) is 4.79 Å². The number of likely N-dealkylation sites (tertiary alicyclic amines) is 1. The average molecular weight is 170 g/mol. The minimum Gasteiger partial charge on any atom is -0.328 e. The quantitative estimate of drug-likeness (QED) is 0.573. The van der Waals surface area contributed by atoms with E-state index in [0.717, 1.165) is 36.8 Å². The van der Waals surface area contributed by atoms with Gasteiger partial charge in [0.1, 0.15) is 5.78 Å². The second kappa shape index (κ2) is 3.56. The van der Waals surface area contributed by atoms with Crippen LogP contribution in [-0.2, 0) is 4.79 Å². The molecular formula is C10H20NO+. The average Bonchev–Trinajstić information content (AvgIpc) is 2.03. The van der Waals surface area contributed by atoms with Crippen LogP contribution in [0.4, 0.5) is 0 Å². The molecule has 1 aliphatic rings. The van der Waals surface area contributed by atoms with Crippen molar-refractivity contribution in [3.63, 3.8) is 0 Å². The Balaban J connectivity index is 2.41. The molecule has 0 atom stereocenters. The molecule has 0 aromatic carbocycles. The Morgan fingerprint density at radius 2 is 1.83 bits per heavy atom. The Morgan fingerprint density at radius 1 is 1.33 bits per heavy atom. The van der Waals surface area contributed by atoms with Gasteiger partial charge >= 0.3 is 0 Å². The van der Waals surface area contributed by atoms with Crippen molar-refractivity contribution in [3.05, 3.63) is 0 Å². The van der Waals surface area contributed by atoms with Crippen LogP contribution in [0.3, 0.4) is 0 Å². The molecule has 0 N–H and O–H groups in total. The molecule has 1 aliphatic heterocycles. The third kappa shape index (κ3) is 2.31. The third-order valence-electron chi connectivity index (χ3n) is 2.97. The summed E-state index contributed by atoms with van der Waals surface area (Å²) in [5.41, 5.74) is 0. The first-order valence-electron chi connectivity index (χ1n) is 4.90. The van der Waals surface area contributed by atoms with Crippen molar-refractivity contribution in [1.82, 2.24) is 0 Å². The van der Waals surface area contributed by atoms with Gasteiger partial charge in [-0.05, 0) is 0 Å². The number of rotatable bonds is 2. The van der Waals surface area contributed by atoms with Gasteiger partial charge in [-0.15, -0.1) is 0 Å². The van der Waals surface area contributed by atoms with E-state index in [9.17, 15) is 4.79 Å². The smallest absolute Gasteiger partial charge is 0.136 e. The van der Waals surface area contributed by atoms with Crippen molar-refractivity contribution in [1.29, 1.82) is 0 Å². The zero-order valence-corrected chi connectivity index (χ0v) is 8.47. The predicted octanol–water partition coefficient (Wildman–Crippen LogP) is 1.45. The summed E-state index contributed by atoms with van der Waals surface area (Å²) in [6, 6.07) is 0. The lowest BCUT2D eigenvalue weighted by Gasteiger charge is -2.36. The van der Waals surface area contributed by atoms with Gasteiger partial charge in [-0.2, -0.15) is 0 Å². The number of piperidine rings is 1. The largest absolute Gasteiger partial charge is 0.328 e. The zero-order chi connectivity index (χ0) is 9.19. The fourth-order valence-electron chi connectivity index (χ4n) is 1.88. The van der Waals surface area contributed by atoms with Gasteiger partial charge in [0.2, 0.25) is 0 Å². The lowest BCUT2D eigenvalue weighted by molar-refractivity contribution is -0.895. The Kier molecular flexibility index (Phi) is 2.89. The van der Waals surface area contributed by atoms with Crippen LogP contribution in [0.25, 0.3) is 0 Å². The van der Waals surface area contributed by atoms with E-state index in [-0.39, 0.29) is 0 Å². The van der Waals surface area contributed by atoms with Crippen LogP contribution in [0.2, 0.25) is 0 Å². The number of ketones is 1. The molecule has 1 heterocycles. The minimum absolute atomic E-state index is 0.376. The number of Topliss-reactive ketones (excluding diaryl/α,β-unsaturated/α-hetero) is 1. The monoisotopic (exact) mass is 170 g/mol. The fourth-order valence-corrected chi connectivity index (χ4v) is 1.88. The predicted molar refractivity (Wildman–Crippen MR) is 49.9 cm³/mol. The molecule has 2 heteroatoms. The summed E-state index contributed by atoms with van der Waals surface area (Å²) in [5, 5.41) is 0. The molecule has 1 fully saturated rings. The van der Waals surface area contributed by atoms with Gasteiger partial charge in [0.05, 0.1) is 27.2 Å². The molecule has 0 bridgehead atoms. The Labute approximate surface area is 75.1 Å². The molecule has 1 saturated heterocycles. The molecule has 12 heavy (non-hydrogen) atoms. The molecule has 0 radical (unpaired) electrons. The normalized spacial score (nSPS) is 23.9. The highest BCUT2D eigenvalue weighted by Gasteiger charge is 2.29. The number of quaternary nitrogens is 1. The topological polar surface area (TPSA) is 17.1 Å². The molecule has 0 aliphatic carbocycles. The van der Waals surface area contributed by atoms with E-state index in [1.165, 1.54) is 0 Å². The molecule has 2 nitrogen and oxygen atoms in total. The van der Waals surface area contributed by atoms with Gasteiger partial charge in [-0.1, -0.05) is 6.92 Å². The van der Waals surface area contributed by atoms with Crippen LogP contribution >= 0.6 is 0 Å². The van der Waals surface area contributed by atoms with Gasteiger partial charge in [0, 0.05) is 25.2 Å². The van der Waals surface area contributed by atoms with Crippen molar-refractivity contribution >= 4 is 5.78 Å². The van der Waals surface area contributed by atoms with Gasteiger partial charge in [-0.25, -0.2) is 0 Å². The summed E-state index contributed by atoms with van der Waals surface area (Å²) < 4.78 is 1.09. The number of carbonyl (C=O) groups excluding carboxylic acids is 1. The first kappa shape index (κ1) is 9.72. The molecular weight excluding hydrogens is 150 g/mol. The summed E-state index contributed by atoms with van der Waals surface area (Å²) >= 11 is 0. The first-order valence-corrected chi connectivity index (χ1v) is 4.90. The summed E-state index contributed by atoms with van der Waals surface area (Å²) in [7, 11) is 4.49. The first-order chi connectivity index (χ1) is 5.55. The molecule has 0 aromatic rings. The maximum atomic E-state index is 11.4. The molecule has 0 saturated carbocycles. The van der Waals surface area contributed by atoms with Gasteiger partial charge < -0.3 is 4.48 Å². The van der Waals surface area contributed by atoms with E-state index in [4.69, 9.17) is 0 Å². The van der Waals surface area contributed by atoms with E-state index >= 15 is 0 Å². The molecule has 0 aromatic heterocycles. The number of hydrogen-bond acceptors (Lipinski definition) is 1. The highest BCUT2D eigenvalue weighted by Crippen LogP contribution is 2.21. The van der Waals surface area contributed by atoms with E-state index in [1.54, 1.807) is 0 Å². The van der Waals surface area contributed by atoms with Crippen LogP contribution in [0.15, 0.2) is 0 Å². The van der Waals surface area contributed by atoms with Gasteiger partial charge in [0.25, 0.3) is 0 Å². The van der Waals surface area contributed by atoms with E-state index in [0.29, 0.717) is 11.7 Å². The van der Waals surface area contributed by atoms with Crippen LogP contribution in [0.5, 0.6) is 0 Å². The molecule has 0 amide bonds. The second-order valence-corrected chi connectivity index (χ2v) is 4.48. The van der Waals surface area contributed by atoms with Crippen LogP contribution in [0, 0.1) is 5.92 Å². The Morgan fingerprint density at radius 3 is 2.25 bits per heavy atom. The van der Waals surface area contributed by atoms with Crippen LogP contribution in [0.1, 0.15) is 26.2 Å². The Bertz CT molecular complexity index is 165. The molecule has 1 rings (SSSR count). The summed E-state index contributed by atoms with van der Waals surface area (Å²) in [5.74, 6) is 0.843. The number of hydrogen-bond donors (Lipinski definition) is 0.